The fourth-order valence-electron chi connectivity index (χ4n) is 6.84. The van der Waals surface area contributed by atoms with Gasteiger partial charge in [0, 0.05) is 0 Å². The average molecular weight is 666 g/mol. The van der Waals surface area contributed by atoms with E-state index in [0.29, 0.717) is 0 Å². The van der Waals surface area contributed by atoms with Crippen LogP contribution in [0.2, 0.25) is 0 Å². The molecule has 47 heavy (non-hydrogen) atoms. The van der Waals surface area contributed by atoms with Gasteiger partial charge in [-0.3, -0.25) is 0 Å². The summed E-state index contributed by atoms with van der Waals surface area (Å²) in [6.07, 6.45) is 0. The van der Waals surface area contributed by atoms with Gasteiger partial charge >= 0.3 is 264 Å². The van der Waals surface area contributed by atoms with Crippen LogP contribution in [0.25, 0.3) is 65.7 Å². The molecule has 0 N–H and O–H groups in total. The molecule has 0 saturated heterocycles. The van der Waals surface area contributed by atoms with E-state index in [2.05, 4.69) is 179 Å². The van der Waals surface area contributed by atoms with Gasteiger partial charge in [-0.2, -0.15) is 0 Å². The number of nitrogens with zero attached hydrogens (tertiary/aromatic N) is 1. The molecule has 0 aliphatic carbocycles. The van der Waals surface area contributed by atoms with Gasteiger partial charge in [0.25, 0.3) is 0 Å². The van der Waals surface area contributed by atoms with E-state index in [-0.39, 0.29) is 0 Å². The fraction of sp³-hybridized carbons (Fsp3) is 0. The van der Waals surface area contributed by atoms with E-state index < -0.39 is 0 Å². The van der Waals surface area contributed by atoms with Gasteiger partial charge in [-0.1, -0.05) is 12.1 Å². The third-order valence-electron chi connectivity index (χ3n) is 9.11. The van der Waals surface area contributed by atoms with Crippen LogP contribution in [0.5, 0.6) is 0 Å². The number of benzene rings is 8. The fourth-order valence-corrected chi connectivity index (χ4v) is 7.56. The number of fused-ring (bicyclic) bond motifs is 6. The summed E-state index contributed by atoms with van der Waals surface area (Å²) in [5, 5.41) is 7.09. The predicted octanol–water partition coefficient (Wildman–Crippen LogP) is 11.5. The van der Waals surface area contributed by atoms with Crippen LogP contribution in [0.15, 0.2) is 174 Å². The van der Waals surface area contributed by atoms with E-state index in [9.17, 15) is 0 Å². The Morgan fingerprint density at radius 2 is 1.09 bits per heavy atom. The third kappa shape index (κ3) is 4.80. The van der Waals surface area contributed by atoms with E-state index in [1.165, 1.54) is 43.8 Å². The summed E-state index contributed by atoms with van der Waals surface area (Å²) in [7, 11) is 0. The zero-order valence-corrected chi connectivity index (χ0v) is 27.1. The molecule has 0 amide bonds. The first-order valence-electron chi connectivity index (χ1n) is 15.8. The molecule has 3 heteroatoms. The number of hydrogen-bond acceptors (Lipinski definition) is 2. The Morgan fingerprint density at radius 1 is 0.404 bits per heavy atom. The number of para-hydroxylation sites is 1. The second-order valence-electron chi connectivity index (χ2n) is 11.9. The van der Waals surface area contributed by atoms with Gasteiger partial charge in [-0.15, -0.1) is 0 Å². The summed E-state index contributed by atoms with van der Waals surface area (Å²) in [5.74, 6) is 0. The Bertz CT molecular complexity index is 2590. The van der Waals surface area contributed by atoms with Gasteiger partial charge in [0.05, 0.1) is 0 Å². The molecule has 0 fully saturated rings. The molecule has 9 aromatic rings. The first-order valence-corrected chi connectivity index (χ1v) is 16.7. The zero-order chi connectivity index (χ0) is 31.3. The van der Waals surface area contributed by atoms with Crippen LogP contribution in [0, 0.1) is 0 Å². The van der Waals surface area contributed by atoms with Gasteiger partial charge in [0.1, 0.15) is 0 Å². The number of anilines is 3. The molecule has 1 heterocycles. The molecule has 0 saturated carbocycles. The van der Waals surface area contributed by atoms with Crippen molar-refractivity contribution in [2.24, 2.45) is 0 Å². The van der Waals surface area contributed by atoms with Crippen molar-refractivity contribution in [2.45, 2.75) is 0 Å². The average Bonchev–Trinajstić information content (AvgIpc) is 3.50. The predicted molar refractivity (Wildman–Crippen MR) is 200 cm³/mol. The molecule has 0 atom stereocenters. The Kier molecular flexibility index (Phi) is 6.67. The monoisotopic (exact) mass is 666 g/mol. The molecule has 1 aromatic heterocycles. The molecular weight excluding hydrogens is 637 g/mol. The number of hydrogen-bond donors (Lipinski definition) is 0. The summed E-state index contributed by atoms with van der Waals surface area (Å²) >= 11 is 3.44. The maximum absolute atomic E-state index is 6.21. The van der Waals surface area contributed by atoms with Crippen LogP contribution >= 0.6 is 0 Å². The second kappa shape index (κ2) is 11.3. The summed E-state index contributed by atoms with van der Waals surface area (Å²) in [5.41, 5.74) is 9.86. The molecule has 8 aromatic carbocycles. The number of rotatable bonds is 5. The minimum absolute atomic E-state index is 0.919. The molecular formula is C44H28NOSe. The van der Waals surface area contributed by atoms with Crippen LogP contribution < -0.4 is 9.36 Å². The molecule has 0 aliphatic rings. The second-order valence-corrected chi connectivity index (χ2v) is 12.8. The van der Waals surface area contributed by atoms with E-state index in [1.54, 1.807) is 0 Å². The summed E-state index contributed by atoms with van der Waals surface area (Å²) in [6, 6.07) is 60.6. The molecule has 0 aliphatic heterocycles. The Morgan fingerprint density at radius 3 is 1.91 bits per heavy atom. The quantitative estimate of drug-likeness (QED) is 0.134. The van der Waals surface area contributed by atoms with E-state index >= 15 is 0 Å². The number of furan rings is 1. The van der Waals surface area contributed by atoms with Crippen molar-refractivity contribution in [3.05, 3.63) is 170 Å². The maximum atomic E-state index is 6.21. The van der Waals surface area contributed by atoms with Crippen LogP contribution in [0.3, 0.4) is 0 Å². The van der Waals surface area contributed by atoms with E-state index in [4.69, 9.17) is 4.42 Å². The summed E-state index contributed by atoms with van der Waals surface area (Å²) < 4.78 is 7.31. The Hall–Kier alpha value is -5.60. The zero-order valence-electron chi connectivity index (χ0n) is 25.4. The molecule has 2 nitrogen and oxygen atoms in total. The van der Waals surface area contributed by atoms with Crippen molar-refractivity contribution in [1.82, 2.24) is 0 Å². The van der Waals surface area contributed by atoms with Crippen molar-refractivity contribution < 1.29 is 4.42 Å². The van der Waals surface area contributed by atoms with Crippen LogP contribution in [-0.4, -0.2) is 16.0 Å². The summed E-state index contributed by atoms with van der Waals surface area (Å²) in [6.45, 7) is 0. The van der Waals surface area contributed by atoms with Crippen molar-refractivity contribution in [1.29, 1.82) is 0 Å². The normalized spacial score (nSPS) is 11.5. The van der Waals surface area contributed by atoms with Crippen LogP contribution in [-0.2, 0) is 0 Å². The van der Waals surface area contributed by atoms with Gasteiger partial charge in [0.15, 0.2) is 0 Å². The van der Waals surface area contributed by atoms with Gasteiger partial charge in [-0.25, -0.2) is 0 Å². The Balaban J connectivity index is 1.25. The van der Waals surface area contributed by atoms with Crippen LogP contribution in [0.1, 0.15) is 0 Å². The molecule has 1 radical (unpaired) electrons. The van der Waals surface area contributed by atoms with Gasteiger partial charge in [0.2, 0.25) is 0 Å². The SMILES string of the molecule is [Se]c1c(-c2ccccc2)cccc1N(c1cccc(-c2ccccc2)c1)c1ccc2c(ccc3cc4oc5ccccc5c4cc32)c1. The first kappa shape index (κ1) is 27.7. The molecule has 221 valence electrons. The van der Waals surface area contributed by atoms with Crippen molar-refractivity contribution in [3.63, 3.8) is 0 Å². The van der Waals surface area contributed by atoms with Crippen molar-refractivity contribution in [3.8, 4) is 22.3 Å². The van der Waals surface area contributed by atoms with Crippen LogP contribution in [0.4, 0.5) is 17.1 Å². The molecule has 0 unspecified atom stereocenters. The summed E-state index contributed by atoms with van der Waals surface area (Å²) in [4.78, 5) is 2.38. The molecule has 0 bridgehead atoms. The van der Waals surface area contributed by atoms with Gasteiger partial charge in [-0.05, 0) is 6.07 Å². The van der Waals surface area contributed by atoms with E-state index in [1.807, 2.05) is 12.1 Å². The first-order chi connectivity index (χ1) is 23.2. The van der Waals surface area contributed by atoms with Gasteiger partial charge < -0.3 is 0 Å². The van der Waals surface area contributed by atoms with E-state index in [0.717, 1.165) is 43.5 Å². The van der Waals surface area contributed by atoms with Crippen molar-refractivity contribution >= 4 is 81.0 Å². The minimum atomic E-state index is 0.919. The third-order valence-corrected chi connectivity index (χ3v) is 10.0. The molecule has 0 spiro atoms. The Labute approximate surface area is 281 Å². The molecule has 9 rings (SSSR count). The standard InChI is InChI=1S/C44H28NOSe/c47-44-37(30-13-5-2-6-14-30)18-10-19-41(44)45(34-16-9-15-31(25-34)29-11-3-1-4-12-29)35-23-24-36-32(26-35)21-22-33-27-43-40(28-39(33)36)38-17-7-8-20-42(38)46-43/h1-28H. The topological polar surface area (TPSA) is 16.4 Å². The van der Waals surface area contributed by atoms with Crippen molar-refractivity contribution in [2.75, 3.05) is 4.90 Å².